The fourth-order valence-electron chi connectivity index (χ4n) is 4.96. The number of carbonyl (C=O) groups excluding carboxylic acids is 3. The van der Waals surface area contributed by atoms with Crippen molar-refractivity contribution < 1.29 is 37.2 Å². The number of hydrogen-bond donors (Lipinski definition) is 1. The molecule has 0 saturated heterocycles. The molecule has 1 unspecified atom stereocenters. The highest BCUT2D eigenvalue weighted by molar-refractivity contribution is 6.28. The third-order valence-electron chi connectivity index (χ3n) is 7.23. The molecule has 0 radical (unpaired) electrons. The van der Waals surface area contributed by atoms with Crippen LogP contribution in [-0.4, -0.2) is 67.8 Å². The minimum absolute atomic E-state index is 0.0563. The number of pyridine rings is 1. The molecule has 2 aromatic carbocycles. The number of fused-ring (bicyclic) bond motifs is 1. The third-order valence-corrected chi connectivity index (χ3v) is 7.23. The summed E-state index contributed by atoms with van der Waals surface area (Å²) in [6.07, 6.45) is 8.12. The van der Waals surface area contributed by atoms with Crippen molar-refractivity contribution in [2.75, 3.05) is 30.0 Å². The van der Waals surface area contributed by atoms with E-state index in [1.54, 1.807) is 53.9 Å². The molecule has 0 aliphatic carbocycles. The summed E-state index contributed by atoms with van der Waals surface area (Å²) in [5.41, 5.74) is 2.32. The quantitative estimate of drug-likeness (QED) is 0.136. The van der Waals surface area contributed by atoms with Crippen LogP contribution < -0.4 is 15.0 Å². The van der Waals surface area contributed by atoms with Gasteiger partial charge in [-0.2, -0.15) is 19.6 Å². The molecule has 14 heteroatoms. The number of benzene rings is 2. The largest absolute Gasteiger partial charge is 0.505 e. The number of ether oxygens (including phenoxy) is 2. The van der Waals surface area contributed by atoms with Gasteiger partial charge in [0, 0.05) is 48.9 Å². The van der Waals surface area contributed by atoms with E-state index >= 15 is 4.39 Å². The van der Waals surface area contributed by atoms with Gasteiger partial charge in [-0.05, 0) is 55.5 Å². The zero-order chi connectivity index (χ0) is 32.4. The van der Waals surface area contributed by atoms with Gasteiger partial charge in [0.2, 0.25) is 5.91 Å². The molecule has 5 aromatic rings. The second-order valence-electron chi connectivity index (χ2n) is 10.3. The van der Waals surface area contributed by atoms with Crippen LogP contribution in [0.15, 0.2) is 79.4 Å². The lowest BCUT2D eigenvalue weighted by molar-refractivity contribution is -0.428. The molecule has 6 rings (SSSR count). The van der Waals surface area contributed by atoms with E-state index in [0.717, 1.165) is 34.2 Å². The molecule has 3 aromatic heterocycles. The van der Waals surface area contributed by atoms with Crippen LogP contribution in [0.4, 0.5) is 25.0 Å². The third kappa shape index (κ3) is 6.10. The molecule has 0 fully saturated rings. The molecule has 4 amide bonds. The van der Waals surface area contributed by atoms with Crippen molar-refractivity contribution in [2.24, 2.45) is 13.0 Å². The van der Waals surface area contributed by atoms with E-state index in [9.17, 15) is 18.8 Å². The van der Waals surface area contributed by atoms with Crippen molar-refractivity contribution in [1.82, 2.24) is 19.4 Å². The van der Waals surface area contributed by atoms with Crippen LogP contribution in [0.25, 0.3) is 16.6 Å². The number of halogens is 2. The maximum absolute atomic E-state index is 15.4. The Labute approximate surface area is 261 Å². The minimum atomic E-state index is -1.45. The van der Waals surface area contributed by atoms with Crippen LogP contribution in [0, 0.1) is 17.6 Å². The average Bonchev–Trinajstić information content (AvgIpc) is 3.70. The normalized spacial score (nSPS) is 14.9. The van der Waals surface area contributed by atoms with Gasteiger partial charge in [0.15, 0.2) is 23.2 Å². The summed E-state index contributed by atoms with van der Waals surface area (Å²) in [5.74, 6) is -4.20. The first-order chi connectivity index (χ1) is 22.2. The maximum atomic E-state index is 15.4. The van der Waals surface area contributed by atoms with Crippen LogP contribution in [0.5, 0.6) is 11.5 Å². The average molecular weight is 629 g/mol. The Morgan fingerprint density at radius 3 is 2.52 bits per heavy atom. The molecule has 0 saturated carbocycles. The van der Waals surface area contributed by atoms with Crippen molar-refractivity contribution >= 4 is 41.0 Å². The Morgan fingerprint density at radius 1 is 1.00 bits per heavy atom. The zero-order valence-corrected chi connectivity index (χ0v) is 24.8. The summed E-state index contributed by atoms with van der Waals surface area (Å²) in [7, 11) is 1.80. The lowest BCUT2D eigenvalue weighted by atomic mass is 10.1. The number of aromatic nitrogens is 4. The molecule has 1 atom stereocenters. The monoisotopic (exact) mass is 628 g/mol. The van der Waals surface area contributed by atoms with E-state index in [-0.39, 0.29) is 30.3 Å². The number of rotatable bonds is 10. The number of carbonyl (C=O) groups is 3. The van der Waals surface area contributed by atoms with Crippen molar-refractivity contribution in [3.05, 3.63) is 91.0 Å². The lowest BCUT2D eigenvalue weighted by Crippen LogP contribution is -2.55. The lowest BCUT2D eigenvalue weighted by Gasteiger charge is -2.23. The van der Waals surface area contributed by atoms with Crippen LogP contribution in [0.2, 0.25) is 0 Å². The van der Waals surface area contributed by atoms with Crippen LogP contribution in [0.3, 0.4) is 0 Å². The molecule has 12 nitrogen and oxygen atoms in total. The van der Waals surface area contributed by atoms with Gasteiger partial charge < -0.3 is 14.8 Å². The first kappa shape index (κ1) is 30.3. The Bertz CT molecular complexity index is 1990. The van der Waals surface area contributed by atoms with Gasteiger partial charge in [-0.3, -0.25) is 9.48 Å². The topological polar surface area (TPSA) is 123 Å². The summed E-state index contributed by atoms with van der Waals surface area (Å²) in [6, 6.07) is 11.3. The van der Waals surface area contributed by atoms with E-state index in [1.165, 1.54) is 35.1 Å². The fourth-order valence-corrected chi connectivity index (χ4v) is 4.96. The van der Waals surface area contributed by atoms with Crippen LogP contribution >= 0.6 is 0 Å². The van der Waals surface area contributed by atoms with Gasteiger partial charge in [0.25, 0.3) is 0 Å². The number of nitrogens with one attached hydrogen (secondary N) is 1. The number of hydrogen-bond acceptors (Lipinski definition) is 7. The maximum Gasteiger partial charge on any atom is 0.505 e. The van der Waals surface area contributed by atoms with Crippen molar-refractivity contribution in [3.8, 4) is 22.6 Å². The van der Waals surface area contributed by atoms with Crippen molar-refractivity contribution in [3.63, 3.8) is 0 Å². The Morgan fingerprint density at radius 2 is 1.80 bits per heavy atom. The van der Waals surface area contributed by atoms with Gasteiger partial charge in [0.05, 0.1) is 25.2 Å². The van der Waals surface area contributed by atoms with E-state index in [1.807, 2.05) is 6.20 Å². The number of amides is 4. The first-order valence-electron chi connectivity index (χ1n) is 14.3. The molecule has 1 aliphatic rings. The Hall–Kier alpha value is -5.76. The molecule has 0 bridgehead atoms. The number of imide groups is 1. The predicted octanol–water partition coefficient (Wildman–Crippen LogP) is 4.65. The smallest absolute Gasteiger partial charge is 0.452 e. The second-order valence-corrected chi connectivity index (χ2v) is 10.3. The van der Waals surface area contributed by atoms with E-state index in [2.05, 4.69) is 15.5 Å². The first-order valence-corrected chi connectivity index (χ1v) is 14.3. The van der Waals surface area contributed by atoms with E-state index in [4.69, 9.17) is 9.47 Å². The number of urea groups is 1. The predicted molar refractivity (Wildman–Crippen MR) is 163 cm³/mol. The summed E-state index contributed by atoms with van der Waals surface area (Å²) in [4.78, 5) is 40.8. The molecule has 1 N–H and O–H groups in total. The molecular weight excluding hydrogens is 600 g/mol. The van der Waals surface area contributed by atoms with Crippen LogP contribution in [-0.2, 0) is 21.4 Å². The summed E-state index contributed by atoms with van der Waals surface area (Å²) in [6.45, 7) is 2.41. The molecule has 4 heterocycles. The minimum Gasteiger partial charge on any atom is -0.452 e. The molecule has 1 aliphatic heterocycles. The molecular formula is C32H28F2N7O5+. The van der Waals surface area contributed by atoms with Gasteiger partial charge in [-0.1, -0.05) is 0 Å². The number of aryl methyl sites for hydroxylation is 1. The summed E-state index contributed by atoms with van der Waals surface area (Å²) in [5, 5.41) is 11.0. The number of nitrogens with zero attached hydrogens (tertiary/aromatic N) is 6. The second kappa shape index (κ2) is 12.7. The Kier molecular flexibility index (Phi) is 8.35. The molecule has 234 valence electrons. The summed E-state index contributed by atoms with van der Waals surface area (Å²) >= 11 is 0. The molecule has 0 spiro atoms. The number of anilines is 2. The SMILES string of the molecule is CCOCC[N+]1=CC(C(=O)Nc2ccc(Oc3cc(-c4cnn(C)c4)cn4nccc34)c(F)c2)C(=O)N(c2ccc(F)cc2)C1=O. The highest BCUT2D eigenvalue weighted by Crippen LogP contribution is 2.33. The van der Waals surface area contributed by atoms with E-state index in [0.29, 0.717) is 17.9 Å². The zero-order valence-electron chi connectivity index (χ0n) is 24.8. The van der Waals surface area contributed by atoms with Gasteiger partial charge in [-0.15, -0.1) is 4.90 Å². The Balaban J connectivity index is 1.24. The van der Waals surface area contributed by atoms with E-state index < -0.39 is 35.4 Å². The standard InChI is InChI=1S/C32H27F2N7O5/c1-3-45-13-12-39-19-25(31(43)41(32(39)44)24-7-4-22(33)5-8-24)30(42)37-23-6-9-28(26(34)15-23)46-29-14-20(21-16-36-38(2)17-21)18-40-27(29)10-11-35-40/h4-11,14-19,25H,3,12-13H2,1-2H3/p+1. The summed E-state index contributed by atoms with van der Waals surface area (Å²) < 4.78 is 44.7. The van der Waals surface area contributed by atoms with Crippen molar-refractivity contribution in [2.45, 2.75) is 6.92 Å². The molecule has 46 heavy (non-hydrogen) atoms. The van der Waals surface area contributed by atoms with Gasteiger partial charge in [0.1, 0.15) is 23.6 Å². The fraction of sp³-hybridized carbons (Fsp3) is 0.188. The van der Waals surface area contributed by atoms with Gasteiger partial charge >= 0.3 is 11.9 Å². The van der Waals surface area contributed by atoms with Crippen LogP contribution in [0.1, 0.15) is 6.92 Å². The highest BCUT2D eigenvalue weighted by Gasteiger charge is 2.47. The van der Waals surface area contributed by atoms with Crippen molar-refractivity contribution in [1.29, 1.82) is 0 Å². The van der Waals surface area contributed by atoms with Gasteiger partial charge in [-0.25, -0.2) is 18.1 Å². The highest BCUT2D eigenvalue weighted by atomic mass is 19.1.